The number of hydrogen-bond acceptors (Lipinski definition) is 5. The Labute approximate surface area is 119 Å². The van der Waals surface area contributed by atoms with Gasteiger partial charge in [0.2, 0.25) is 6.23 Å². The van der Waals surface area contributed by atoms with Gasteiger partial charge in [0.25, 0.3) is 0 Å². The van der Waals surface area contributed by atoms with Gasteiger partial charge in [-0.25, -0.2) is 4.79 Å². The number of halogens is 3. The highest BCUT2D eigenvalue weighted by Gasteiger charge is 2.43. The molecule has 6 nitrogen and oxygen atoms in total. The zero-order chi connectivity index (χ0) is 16.2. The quantitative estimate of drug-likeness (QED) is 0.528. The lowest BCUT2D eigenvalue weighted by Crippen LogP contribution is -2.60. The molecule has 4 atom stereocenters. The number of ether oxygens (including phenoxy) is 1. The van der Waals surface area contributed by atoms with Gasteiger partial charge in [-0.2, -0.15) is 13.2 Å². The number of aliphatic hydroxyl groups is 1. The first-order valence-electron chi connectivity index (χ1n) is 6.48. The van der Waals surface area contributed by atoms with Crippen LogP contribution in [-0.4, -0.2) is 53.4 Å². The van der Waals surface area contributed by atoms with E-state index in [4.69, 9.17) is 20.7 Å². The Hall–Kier alpha value is -1.16. The normalized spacial score (nSPS) is 28.1. The minimum Gasteiger partial charge on any atom is -0.478 e. The SMILES string of the molecule is CCCO[C@@H]1C=C(C(=O)O)C[C@H](N)[C@H]1NC(O)C(F)(F)F. The van der Waals surface area contributed by atoms with Crippen LogP contribution in [0.2, 0.25) is 0 Å². The fourth-order valence-electron chi connectivity index (χ4n) is 2.05. The summed E-state index contributed by atoms with van der Waals surface area (Å²) >= 11 is 0. The molecule has 1 rings (SSSR count). The summed E-state index contributed by atoms with van der Waals surface area (Å²) in [5.41, 5.74) is 5.72. The molecule has 21 heavy (non-hydrogen) atoms. The van der Waals surface area contributed by atoms with Crippen LogP contribution in [0, 0.1) is 0 Å². The third-order valence-electron chi connectivity index (χ3n) is 3.09. The van der Waals surface area contributed by atoms with E-state index in [2.05, 4.69) is 0 Å². The molecule has 0 amide bonds. The Kier molecular flexibility index (Phi) is 6.14. The molecule has 5 N–H and O–H groups in total. The summed E-state index contributed by atoms with van der Waals surface area (Å²) in [5, 5.41) is 20.0. The van der Waals surface area contributed by atoms with Gasteiger partial charge in [-0.15, -0.1) is 0 Å². The smallest absolute Gasteiger partial charge is 0.427 e. The number of rotatable bonds is 6. The average Bonchev–Trinajstić information content (AvgIpc) is 2.37. The molecule has 0 saturated heterocycles. The molecule has 0 fully saturated rings. The Morgan fingerprint density at radius 3 is 2.71 bits per heavy atom. The molecule has 1 aliphatic rings. The fourth-order valence-corrected chi connectivity index (χ4v) is 2.05. The van der Waals surface area contributed by atoms with E-state index < -0.39 is 36.6 Å². The lowest BCUT2D eigenvalue weighted by molar-refractivity contribution is -0.218. The van der Waals surface area contributed by atoms with E-state index in [9.17, 15) is 18.0 Å². The van der Waals surface area contributed by atoms with Crippen molar-refractivity contribution < 1.29 is 32.9 Å². The maximum Gasteiger partial charge on any atom is 0.427 e. The number of nitrogens with one attached hydrogen (secondary N) is 1. The first-order valence-corrected chi connectivity index (χ1v) is 6.48. The van der Waals surface area contributed by atoms with Gasteiger partial charge in [-0.05, 0) is 18.9 Å². The van der Waals surface area contributed by atoms with Crippen molar-refractivity contribution >= 4 is 5.97 Å². The summed E-state index contributed by atoms with van der Waals surface area (Å²) in [6.45, 7) is 2.04. The number of aliphatic hydroxyl groups excluding tert-OH is 1. The summed E-state index contributed by atoms with van der Waals surface area (Å²) in [7, 11) is 0. The summed E-state index contributed by atoms with van der Waals surface area (Å²) in [6, 6.07) is -1.95. The van der Waals surface area contributed by atoms with Crippen molar-refractivity contribution in [1.82, 2.24) is 5.32 Å². The van der Waals surface area contributed by atoms with Crippen LogP contribution in [0.1, 0.15) is 19.8 Å². The molecule has 9 heteroatoms. The first kappa shape index (κ1) is 17.9. The maximum atomic E-state index is 12.4. The molecule has 0 heterocycles. The van der Waals surface area contributed by atoms with Crippen molar-refractivity contribution in [3.63, 3.8) is 0 Å². The Morgan fingerprint density at radius 2 is 2.24 bits per heavy atom. The van der Waals surface area contributed by atoms with E-state index in [1.54, 1.807) is 6.92 Å². The molecule has 0 spiro atoms. The number of nitrogens with two attached hydrogens (primary N) is 1. The predicted octanol–water partition coefficient (Wildman–Crippen LogP) is 0.363. The third kappa shape index (κ3) is 4.95. The van der Waals surface area contributed by atoms with Crippen molar-refractivity contribution in [3.8, 4) is 0 Å². The van der Waals surface area contributed by atoms with Gasteiger partial charge in [-0.1, -0.05) is 6.92 Å². The highest BCUT2D eigenvalue weighted by atomic mass is 19.4. The van der Waals surface area contributed by atoms with E-state index in [1.165, 1.54) is 6.08 Å². The van der Waals surface area contributed by atoms with Gasteiger partial charge < -0.3 is 20.7 Å². The summed E-state index contributed by atoms with van der Waals surface area (Å²) in [5.74, 6) is -1.19. The maximum absolute atomic E-state index is 12.4. The van der Waals surface area contributed by atoms with Crippen molar-refractivity contribution in [1.29, 1.82) is 0 Å². The third-order valence-corrected chi connectivity index (χ3v) is 3.09. The van der Waals surface area contributed by atoms with E-state index >= 15 is 0 Å². The molecule has 0 bridgehead atoms. The van der Waals surface area contributed by atoms with Crippen molar-refractivity contribution in [2.75, 3.05) is 6.61 Å². The molecule has 0 aromatic heterocycles. The number of aliphatic carboxylic acids is 1. The zero-order valence-electron chi connectivity index (χ0n) is 11.4. The predicted molar refractivity (Wildman–Crippen MR) is 67.3 cm³/mol. The lowest BCUT2D eigenvalue weighted by Gasteiger charge is -2.36. The second-order valence-electron chi connectivity index (χ2n) is 4.84. The zero-order valence-corrected chi connectivity index (χ0v) is 11.4. The van der Waals surface area contributed by atoms with E-state index in [0.29, 0.717) is 6.42 Å². The summed E-state index contributed by atoms with van der Waals surface area (Å²) in [6.07, 6.45) is -6.80. The topological polar surface area (TPSA) is 105 Å². The lowest BCUT2D eigenvalue weighted by atomic mass is 9.88. The largest absolute Gasteiger partial charge is 0.478 e. The van der Waals surface area contributed by atoms with Crippen molar-refractivity contribution in [2.45, 2.75) is 50.4 Å². The molecule has 0 aliphatic heterocycles. The molecule has 122 valence electrons. The van der Waals surface area contributed by atoms with Gasteiger partial charge in [0.15, 0.2) is 0 Å². The van der Waals surface area contributed by atoms with Gasteiger partial charge in [0.1, 0.15) is 0 Å². The van der Waals surface area contributed by atoms with Gasteiger partial charge in [0, 0.05) is 18.2 Å². The second-order valence-corrected chi connectivity index (χ2v) is 4.84. The summed E-state index contributed by atoms with van der Waals surface area (Å²) < 4.78 is 42.6. The summed E-state index contributed by atoms with van der Waals surface area (Å²) in [4.78, 5) is 11.0. The van der Waals surface area contributed by atoms with Crippen LogP contribution >= 0.6 is 0 Å². The standard InChI is InChI=1S/C12H19F3N2O4/c1-2-3-21-8-5-6(10(18)19)4-7(16)9(8)17-11(20)12(13,14)15/h5,7-9,11,17,20H,2-4,16H2,1H3,(H,18,19)/t7-,8+,9+,11?/m0/s1. The highest BCUT2D eigenvalue weighted by Crippen LogP contribution is 2.24. The number of hydrogen-bond donors (Lipinski definition) is 4. The number of carboxylic acid groups (broad SMARTS) is 1. The van der Waals surface area contributed by atoms with E-state index in [1.807, 2.05) is 5.32 Å². The van der Waals surface area contributed by atoms with Crippen LogP contribution in [0.15, 0.2) is 11.6 Å². The Balaban J connectivity index is 2.90. The Morgan fingerprint density at radius 1 is 1.62 bits per heavy atom. The fraction of sp³-hybridized carbons (Fsp3) is 0.750. The number of carboxylic acids is 1. The van der Waals surface area contributed by atoms with Crippen LogP contribution in [0.4, 0.5) is 13.2 Å². The van der Waals surface area contributed by atoms with Crippen molar-refractivity contribution in [3.05, 3.63) is 11.6 Å². The molecule has 0 saturated carbocycles. The monoisotopic (exact) mass is 312 g/mol. The molecule has 1 aliphatic carbocycles. The minimum absolute atomic E-state index is 0.0110. The molecule has 0 radical (unpaired) electrons. The van der Waals surface area contributed by atoms with Gasteiger partial charge in [0.05, 0.1) is 12.1 Å². The van der Waals surface area contributed by atoms with Crippen LogP contribution in [0.25, 0.3) is 0 Å². The van der Waals surface area contributed by atoms with Crippen LogP contribution < -0.4 is 11.1 Å². The van der Waals surface area contributed by atoms with E-state index in [-0.39, 0.29) is 18.6 Å². The van der Waals surface area contributed by atoms with Gasteiger partial charge in [-0.3, -0.25) is 5.32 Å². The van der Waals surface area contributed by atoms with Crippen LogP contribution in [-0.2, 0) is 9.53 Å². The average molecular weight is 312 g/mol. The van der Waals surface area contributed by atoms with Crippen molar-refractivity contribution in [2.24, 2.45) is 5.73 Å². The first-order chi connectivity index (χ1) is 9.66. The molecule has 0 aromatic carbocycles. The molecule has 1 unspecified atom stereocenters. The number of alkyl halides is 3. The molecular weight excluding hydrogens is 293 g/mol. The second kappa shape index (κ2) is 7.21. The molecule has 0 aromatic rings. The number of carbonyl (C=O) groups is 1. The van der Waals surface area contributed by atoms with Crippen LogP contribution in [0.5, 0.6) is 0 Å². The molecular formula is C12H19F3N2O4. The highest BCUT2D eigenvalue weighted by molar-refractivity contribution is 5.87. The van der Waals surface area contributed by atoms with Crippen LogP contribution in [0.3, 0.4) is 0 Å². The minimum atomic E-state index is -4.84. The van der Waals surface area contributed by atoms with E-state index in [0.717, 1.165) is 0 Å². The Bertz CT molecular complexity index is 400. The van der Waals surface area contributed by atoms with Gasteiger partial charge >= 0.3 is 12.1 Å².